The van der Waals surface area contributed by atoms with Gasteiger partial charge in [0.05, 0.1) is 11.1 Å². The maximum absolute atomic E-state index is 12.2. The van der Waals surface area contributed by atoms with E-state index in [-0.39, 0.29) is 17.9 Å². The number of hydrogen-bond acceptors (Lipinski definition) is 5. The van der Waals surface area contributed by atoms with E-state index >= 15 is 0 Å². The normalized spacial score (nSPS) is 10.6. The van der Waals surface area contributed by atoms with Gasteiger partial charge in [-0.3, -0.25) is 24.3 Å². The molecule has 0 aliphatic rings. The van der Waals surface area contributed by atoms with Crippen LogP contribution >= 0.6 is 0 Å². The molecule has 0 aliphatic heterocycles. The fourth-order valence-electron chi connectivity index (χ4n) is 1.92. The molecule has 2 rings (SSSR count). The van der Waals surface area contributed by atoms with Crippen LogP contribution in [0.5, 0.6) is 0 Å². The van der Waals surface area contributed by atoms with Crippen molar-refractivity contribution >= 4 is 11.6 Å². The number of nitrogens with zero attached hydrogens (tertiary/aromatic N) is 5. The lowest BCUT2D eigenvalue weighted by Crippen LogP contribution is -2.26. The minimum Gasteiger partial charge on any atom is -0.346 e. The van der Waals surface area contributed by atoms with Crippen LogP contribution in [-0.4, -0.2) is 30.4 Å². The first-order chi connectivity index (χ1) is 10.1. The summed E-state index contributed by atoms with van der Waals surface area (Å²) in [6.07, 6.45) is 4.55. The molecule has 21 heavy (non-hydrogen) atoms. The SMILES string of the molecule is CCn1cc(CNC(=O)c2c([N+](=O)[O-])cnn2CC)cn1. The molecule has 0 atom stereocenters. The molecule has 0 fully saturated rings. The van der Waals surface area contributed by atoms with Crippen molar-refractivity contribution in [3.05, 3.63) is 40.0 Å². The number of rotatable bonds is 6. The van der Waals surface area contributed by atoms with Crippen molar-refractivity contribution in [3.63, 3.8) is 0 Å². The number of amides is 1. The van der Waals surface area contributed by atoms with Crippen molar-refractivity contribution in [1.82, 2.24) is 24.9 Å². The van der Waals surface area contributed by atoms with E-state index in [1.54, 1.807) is 17.8 Å². The Hall–Kier alpha value is -2.71. The second-order valence-electron chi connectivity index (χ2n) is 4.34. The van der Waals surface area contributed by atoms with Crippen molar-refractivity contribution in [2.24, 2.45) is 0 Å². The van der Waals surface area contributed by atoms with Crippen molar-refractivity contribution in [1.29, 1.82) is 0 Å². The largest absolute Gasteiger partial charge is 0.346 e. The number of nitrogens with one attached hydrogen (secondary N) is 1. The first-order valence-corrected chi connectivity index (χ1v) is 6.56. The number of nitro groups is 1. The smallest absolute Gasteiger partial charge is 0.320 e. The van der Waals surface area contributed by atoms with Gasteiger partial charge in [0, 0.05) is 31.4 Å². The third-order valence-corrected chi connectivity index (χ3v) is 3.00. The Labute approximate surface area is 120 Å². The van der Waals surface area contributed by atoms with Crippen molar-refractivity contribution in [3.8, 4) is 0 Å². The zero-order chi connectivity index (χ0) is 15.4. The van der Waals surface area contributed by atoms with E-state index in [2.05, 4.69) is 15.5 Å². The summed E-state index contributed by atoms with van der Waals surface area (Å²) < 4.78 is 3.04. The van der Waals surface area contributed by atoms with E-state index in [1.807, 2.05) is 13.1 Å². The van der Waals surface area contributed by atoms with Gasteiger partial charge in [-0.15, -0.1) is 0 Å². The summed E-state index contributed by atoms with van der Waals surface area (Å²) in [4.78, 5) is 22.5. The van der Waals surface area contributed by atoms with Crippen LogP contribution in [0.4, 0.5) is 5.69 Å². The van der Waals surface area contributed by atoms with E-state index < -0.39 is 10.8 Å². The van der Waals surface area contributed by atoms with Gasteiger partial charge in [-0.05, 0) is 13.8 Å². The Morgan fingerprint density at radius 3 is 2.67 bits per heavy atom. The van der Waals surface area contributed by atoms with Crippen LogP contribution in [0.15, 0.2) is 18.6 Å². The molecular weight excluding hydrogens is 276 g/mol. The lowest BCUT2D eigenvalue weighted by molar-refractivity contribution is -0.385. The fourth-order valence-corrected chi connectivity index (χ4v) is 1.92. The van der Waals surface area contributed by atoms with Gasteiger partial charge in [-0.25, -0.2) is 0 Å². The monoisotopic (exact) mass is 292 g/mol. The first-order valence-electron chi connectivity index (χ1n) is 6.56. The summed E-state index contributed by atoms with van der Waals surface area (Å²) in [5, 5.41) is 21.5. The van der Waals surface area contributed by atoms with Gasteiger partial charge < -0.3 is 5.32 Å². The van der Waals surface area contributed by atoms with Gasteiger partial charge in [0.2, 0.25) is 5.69 Å². The predicted molar refractivity (Wildman–Crippen MR) is 73.6 cm³/mol. The lowest BCUT2D eigenvalue weighted by Gasteiger charge is -2.05. The van der Waals surface area contributed by atoms with Crippen LogP contribution in [-0.2, 0) is 19.6 Å². The standard InChI is InChI=1S/C12H16N6O3/c1-3-16-8-9(6-14-16)5-13-12(19)11-10(18(20)21)7-15-17(11)4-2/h6-8H,3-5H2,1-2H3,(H,13,19). The lowest BCUT2D eigenvalue weighted by atomic mass is 10.3. The minimum atomic E-state index is -0.608. The molecule has 0 aromatic carbocycles. The van der Waals surface area contributed by atoms with Crippen LogP contribution in [0.2, 0.25) is 0 Å². The quantitative estimate of drug-likeness (QED) is 0.630. The topological polar surface area (TPSA) is 108 Å². The highest BCUT2D eigenvalue weighted by atomic mass is 16.6. The summed E-state index contributed by atoms with van der Waals surface area (Å²) in [7, 11) is 0. The van der Waals surface area contributed by atoms with Crippen LogP contribution in [0.25, 0.3) is 0 Å². The maximum Gasteiger partial charge on any atom is 0.320 e. The first kappa shape index (κ1) is 14.7. The summed E-state index contributed by atoms with van der Waals surface area (Å²) in [5.41, 5.74) is 0.499. The van der Waals surface area contributed by atoms with Gasteiger partial charge in [-0.1, -0.05) is 0 Å². The van der Waals surface area contributed by atoms with Crippen LogP contribution in [0, 0.1) is 10.1 Å². The molecule has 112 valence electrons. The summed E-state index contributed by atoms with van der Waals surface area (Å²) in [6, 6.07) is 0. The van der Waals surface area contributed by atoms with Crippen LogP contribution < -0.4 is 5.32 Å². The number of aryl methyl sites for hydroxylation is 2. The zero-order valence-electron chi connectivity index (χ0n) is 11.8. The highest BCUT2D eigenvalue weighted by Crippen LogP contribution is 2.17. The number of hydrogen-bond donors (Lipinski definition) is 1. The average molecular weight is 292 g/mol. The van der Waals surface area contributed by atoms with Crippen molar-refractivity contribution in [2.75, 3.05) is 0 Å². The minimum absolute atomic E-state index is 0.0367. The molecule has 1 amide bonds. The van der Waals surface area contributed by atoms with Crippen LogP contribution in [0.3, 0.4) is 0 Å². The third kappa shape index (κ3) is 3.07. The average Bonchev–Trinajstić information content (AvgIpc) is 3.10. The molecule has 0 spiro atoms. The molecule has 1 N–H and O–H groups in total. The van der Waals surface area contributed by atoms with Gasteiger partial charge in [0.25, 0.3) is 5.91 Å². The van der Waals surface area contributed by atoms with Crippen molar-refractivity contribution in [2.45, 2.75) is 33.5 Å². The number of carbonyl (C=O) groups excluding carboxylic acids is 1. The predicted octanol–water partition coefficient (Wildman–Crippen LogP) is 0.958. The van der Waals surface area contributed by atoms with Gasteiger partial charge in [0.15, 0.2) is 0 Å². The second-order valence-corrected chi connectivity index (χ2v) is 4.34. The van der Waals surface area contributed by atoms with E-state index in [4.69, 9.17) is 0 Å². The highest BCUT2D eigenvalue weighted by Gasteiger charge is 2.26. The number of carbonyl (C=O) groups is 1. The highest BCUT2D eigenvalue weighted by molar-refractivity contribution is 5.96. The van der Waals surface area contributed by atoms with E-state index in [0.29, 0.717) is 6.54 Å². The molecule has 2 aromatic rings. The molecule has 2 aromatic heterocycles. The van der Waals surface area contributed by atoms with Gasteiger partial charge in [-0.2, -0.15) is 10.2 Å². The van der Waals surface area contributed by atoms with Gasteiger partial charge >= 0.3 is 5.69 Å². The number of aromatic nitrogens is 4. The fraction of sp³-hybridized carbons (Fsp3) is 0.417. The van der Waals surface area contributed by atoms with E-state index in [0.717, 1.165) is 18.3 Å². The Morgan fingerprint density at radius 2 is 2.10 bits per heavy atom. The third-order valence-electron chi connectivity index (χ3n) is 3.00. The molecular formula is C12H16N6O3. The molecule has 0 bridgehead atoms. The molecule has 0 saturated heterocycles. The second kappa shape index (κ2) is 6.16. The summed E-state index contributed by atoms with van der Waals surface area (Å²) in [5.74, 6) is -0.523. The molecule has 2 heterocycles. The van der Waals surface area contributed by atoms with Gasteiger partial charge in [0.1, 0.15) is 6.20 Å². The van der Waals surface area contributed by atoms with E-state index in [9.17, 15) is 14.9 Å². The molecule has 0 unspecified atom stereocenters. The Kier molecular flexibility index (Phi) is 4.31. The summed E-state index contributed by atoms with van der Waals surface area (Å²) >= 11 is 0. The molecule has 0 radical (unpaired) electrons. The Bertz CT molecular complexity index is 660. The molecule has 9 nitrogen and oxygen atoms in total. The maximum atomic E-state index is 12.2. The van der Waals surface area contributed by atoms with Crippen LogP contribution in [0.1, 0.15) is 29.9 Å². The Balaban J connectivity index is 2.12. The molecule has 0 saturated carbocycles. The summed E-state index contributed by atoms with van der Waals surface area (Å²) in [6.45, 7) is 5.09. The Morgan fingerprint density at radius 1 is 1.33 bits per heavy atom. The molecule has 9 heteroatoms. The molecule has 0 aliphatic carbocycles. The van der Waals surface area contributed by atoms with Crippen molar-refractivity contribution < 1.29 is 9.72 Å². The van der Waals surface area contributed by atoms with E-state index in [1.165, 1.54) is 4.68 Å². The zero-order valence-corrected chi connectivity index (χ0v) is 11.8.